The Balaban J connectivity index is 2.13. The fourth-order valence-corrected chi connectivity index (χ4v) is 2.10. The van der Waals surface area contributed by atoms with Gasteiger partial charge in [0.25, 0.3) is 5.91 Å². The van der Waals surface area contributed by atoms with Crippen molar-refractivity contribution in [3.8, 4) is 0 Å². The third-order valence-corrected chi connectivity index (χ3v) is 3.15. The first kappa shape index (κ1) is 15.5. The van der Waals surface area contributed by atoms with Crippen molar-refractivity contribution in [3.05, 3.63) is 46.3 Å². The molecule has 0 radical (unpaired) electrons. The van der Waals surface area contributed by atoms with Gasteiger partial charge in [0, 0.05) is 6.04 Å². The minimum absolute atomic E-state index is 0.181. The molecular weight excluding hydrogens is 311 g/mol. The van der Waals surface area contributed by atoms with E-state index < -0.39 is 5.91 Å². The van der Waals surface area contributed by atoms with Gasteiger partial charge in [-0.2, -0.15) is 0 Å². The molecule has 0 saturated heterocycles. The predicted octanol–water partition coefficient (Wildman–Crippen LogP) is 3.86. The Labute approximate surface area is 132 Å². The lowest BCUT2D eigenvalue weighted by Crippen LogP contribution is -2.16. The molecule has 0 bridgehead atoms. The van der Waals surface area contributed by atoms with Crippen LogP contribution >= 0.6 is 23.2 Å². The molecule has 0 aliphatic carbocycles. The van der Waals surface area contributed by atoms with Crippen LogP contribution in [0.3, 0.4) is 0 Å². The second-order valence-electron chi connectivity index (χ2n) is 4.64. The molecule has 1 aromatic heterocycles. The minimum atomic E-state index is -0.423. The Morgan fingerprint density at radius 2 is 1.81 bits per heavy atom. The highest BCUT2D eigenvalue weighted by atomic mass is 35.5. The molecule has 1 aromatic carbocycles. The second kappa shape index (κ2) is 6.74. The molecule has 5 nitrogen and oxygen atoms in total. The molecule has 7 heteroatoms. The summed E-state index contributed by atoms with van der Waals surface area (Å²) in [5, 5.41) is 6.45. The van der Waals surface area contributed by atoms with Crippen LogP contribution in [0.15, 0.2) is 30.6 Å². The summed E-state index contributed by atoms with van der Waals surface area (Å²) in [6.07, 6.45) is 2.90. The lowest BCUT2D eigenvalue weighted by atomic mass is 10.3. The van der Waals surface area contributed by atoms with E-state index in [1.807, 2.05) is 13.8 Å². The van der Waals surface area contributed by atoms with Gasteiger partial charge in [0.1, 0.15) is 11.5 Å². The molecule has 1 heterocycles. The van der Waals surface area contributed by atoms with Crippen molar-refractivity contribution in [2.24, 2.45) is 0 Å². The van der Waals surface area contributed by atoms with Gasteiger partial charge >= 0.3 is 0 Å². The summed E-state index contributed by atoms with van der Waals surface area (Å²) in [4.78, 5) is 20.3. The van der Waals surface area contributed by atoms with Gasteiger partial charge < -0.3 is 10.6 Å². The Bertz CT molecular complexity index is 624. The van der Waals surface area contributed by atoms with Crippen LogP contribution in [-0.2, 0) is 0 Å². The molecule has 0 spiro atoms. The van der Waals surface area contributed by atoms with Crippen LogP contribution in [0.2, 0.25) is 10.0 Å². The van der Waals surface area contributed by atoms with Crippen molar-refractivity contribution in [1.29, 1.82) is 0 Å². The normalized spacial score (nSPS) is 10.5. The van der Waals surface area contributed by atoms with E-state index in [2.05, 4.69) is 20.6 Å². The van der Waals surface area contributed by atoms with Crippen LogP contribution in [0.5, 0.6) is 0 Å². The van der Waals surface area contributed by atoms with Crippen LogP contribution < -0.4 is 10.6 Å². The Morgan fingerprint density at radius 1 is 1.14 bits per heavy atom. The van der Waals surface area contributed by atoms with E-state index in [4.69, 9.17) is 23.2 Å². The molecule has 2 aromatic rings. The lowest BCUT2D eigenvalue weighted by molar-refractivity contribution is 0.102. The van der Waals surface area contributed by atoms with E-state index in [0.29, 0.717) is 21.6 Å². The molecular formula is C14H14Cl2N4O. The average molecular weight is 325 g/mol. The van der Waals surface area contributed by atoms with E-state index in [0.717, 1.165) is 0 Å². The number of carbonyl (C=O) groups is 1. The van der Waals surface area contributed by atoms with Gasteiger partial charge in [0.05, 0.1) is 28.1 Å². The largest absolute Gasteiger partial charge is 0.367 e. The summed E-state index contributed by atoms with van der Waals surface area (Å²) >= 11 is 12.0. The molecule has 21 heavy (non-hydrogen) atoms. The van der Waals surface area contributed by atoms with Gasteiger partial charge in [-0.05, 0) is 26.0 Å². The van der Waals surface area contributed by atoms with Crippen LogP contribution in [0.25, 0.3) is 0 Å². The quantitative estimate of drug-likeness (QED) is 0.896. The maximum Gasteiger partial charge on any atom is 0.275 e. The van der Waals surface area contributed by atoms with E-state index in [9.17, 15) is 4.79 Å². The van der Waals surface area contributed by atoms with Crippen molar-refractivity contribution in [1.82, 2.24) is 9.97 Å². The van der Waals surface area contributed by atoms with E-state index in [1.54, 1.807) is 18.2 Å². The van der Waals surface area contributed by atoms with E-state index in [-0.39, 0.29) is 11.7 Å². The third-order valence-electron chi connectivity index (χ3n) is 2.52. The molecule has 0 saturated carbocycles. The number of carbonyl (C=O) groups excluding carboxylic acids is 1. The number of benzene rings is 1. The number of hydrogen-bond donors (Lipinski definition) is 2. The number of para-hydroxylation sites is 1. The highest BCUT2D eigenvalue weighted by Crippen LogP contribution is 2.30. The summed E-state index contributed by atoms with van der Waals surface area (Å²) in [5.41, 5.74) is 0.539. The first-order valence-electron chi connectivity index (χ1n) is 6.31. The summed E-state index contributed by atoms with van der Waals surface area (Å²) in [6.45, 7) is 3.98. The van der Waals surface area contributed by atoms with E-state index in [1.165, 1.54) is 12.4 Å². The SMILES string of the molecule is CC(C)Nc1cnc(C(=O)Nc2c(Cl)cccc2Cl)cn1. The van der Waals surface area contributed by atoms with Crippen molar-refractivity contribution in [2.75, 3.05) is 10.6 Å². The van der Waals surface area contributed by atoms with Crippen molar-refractivity contribution >= 4 is 40.6 Å². The van der Waals surface area contributed by atoms with Crippen molar-refractivity contribution in [2.45, 2.75) is 19.9 Å². The van der Waals surface area contributed by atoms with Crippen LogP contribution in [0, 0.1) is 0 Å². The monoisotopic (exact) mass is 324 g/mol. The summed E-state index contributed by atoms with van der Waals surface area (Å²) < 4.78 is 0. The molecule has 2 N–H and O–H groups in total. The topological polar surface area (TPSA) is 66.9 Å². The Morgan fingerprint density at radius 3 is 2.33 bits per heavy atom. The maximum atomic E-state index is 12.1. The number of aromatic nitrogens is 2. The van der Waals surface area contributed by atoms with Gasteiger partial charge in [-0.3, -0.25) is 4.79 Å². The molecule has 0 unspecified atom stereocenters. The first-order valence-corrected chi connectivity index (χ1v) is 7.07. The second-order valence-corrected chi connectivity index (χ2v) is 5.45. The summed E-state index contributed by atoms with van der Waals surface area (Å²) in [5.74, 6) is 0.186. The molecule has 1 amide bonds. The fourth-order valence-electron chi connectivity index (χ4n) is 1.61. The van der Waals surface area contributed by atoms with Gasteiger partial charge in [-0.1, -0.05) is 29.3 Å². The zero-order valence-electron chi connectivity index (χ0n) is 11.5. The van der Waals surface area contributed by atoms with E-state index >= 15 is 0 Å². The summed E-state index contributed by atoms with van der Waals surface area (Å²) in [6, 6.07) is 5.22. The smallest absolute Gasteiger partial charge is 0.275 e. The Kier molecular flexibility index (Phi) is 4.98. The number of nitrogens with one attached hydrogen (secondary N) is 2. The van der Waals surface area contributed by atoms with Crippen LogP contribution in [-0.4, -0.2) is 21.9 Å². The molecule has 0 fully saturated rings. The standard InChI is InChI=1S/C14H14Cl2N4O/c1-8(2)19-12-7-17-11(6-18-12)14(21)20-13-9(15)4-3-5-10(13)16/h3-8H,1-2H3,(H,18,19)(H,20,21). The molecule has 0 atom stereocenters. The fraction of sp³-hybridized carbons (Fsp3) is 0.214. The molecule has 2 rings (SSSR count). The molecule has 0 aliphatic heterocycles. The first-order chi connectivity index (χ1) is 9.97. The van der Waals surface area contributed by atoms with Gasteiger partial charge in [0.15, 0.2) is 0 Å². The highest BCUT2D eigenvalue weighted by Gasteiger charge is 2.13. The van der Waals surface area contributed by atoms with Crippen molar-refractivity contribution < 1.29 is 4.79 Å². The highest BCUT2D eigenvalue weighted by molar-refractivity contribution is 6.39. The number of amides is 1. The van der Waals surface area contributed by atoms with Crippen LogP contribution in [0.1, 0.15) is 24.3 Å². The van der Waals surface area contributed by atoms with Crippen LogP contribution in [0.4, 0.5) is 11.5 Å². The zero-order valence-corrected chi connectivity index (χ0v) is 13.0. The number of anilines is 2. The lowest BCUT2D eigenvalue weighted by Gasteiger charge is -2.10. The third kappa shape index (κ3) is 4.06. The molecule has 0 aliphatic rings. The van der Waals surface area contributed by atoms with Gasteiger partial charge in [0.2, 0.25) is 0 Å². The van der Waals surface area contributed by atoms with Crippen molar-refractivity contribution in [3.63, 3.8) is 0 Å². The Hall–Kier alpha value is -1.85. The number of nitrogens with zero attached hydrogens (tertiary/aromatic N) is 2. The summed E-state index contributed by atoms with van der Waals surface area (Å²) in [7, 11) is 0. The van der Waals surface area contributed by atoms with Gasteiger partial charge in [-0.15, -0.1) is 0 Å². The number of hydrogen-bond acceptors (Lipinski definition) is 4. The van der Waals surface area contributed by atoms with Gasteiger partial charge in [-0.25, -0.2) is 9.97 Å². The predicted molar refractivity (Wildman–Crippen MR) is 85.2 cm³/mol. The zero-order chi connectivity index (χ0) is 15.4. The number of rotatable bonds is 4. The number of halogens is 2. The molecule has 110 valence electrons. The maximum absolute atomic E-state index is 12.1. The minimum Gasteiger partial charge on any atom is -0.367 e. The average Bonchev–Trinajstić information content (AvgIpc) is 2.43.